The van der Waals surface area contributed by atoms with Gasteiger partial charge in [0.15, 0.2) is 0 Å². The van der Waals surface area contributed by atoms with Crippen LogP contribution < -0.4 is 10.2 Å². The van der Waals surface area contributed by atoms with Crippen LogP contribution in [0.1, 0.15) is 23.0 Å². The highest BCUT2D eigenvalue weighted by Gasteiger charge is 2.19. The second-order valence-electron chi connectivity index (χ2n) is 6.53. The Kier molecular flexibility index (Phi) is 6.29. The molecule has 1 aromatic carbocycles. The Hall–Kier alpha value is -2.60. The number of amides is 2. The van der Waals surface area contributed by atoms with Crippen molar-refractivity contribution in [2.75, 3.05) is 37.6 Å². The number of benzene rings is 1. The van der Waals surface area contributed by atoms with Gasteiger partial charge in [-0.25, -0.2) is 4.98 Å². The Morgan fingerprint density at radius 3 is 2.56 bits per heavy atom. The number of rotatable bonds is 5. The minimum atomic E-state index is -0.190. The van der Waals surface area contributed by atoms with Crippen LogP contribution in [0.4, 0.5) is 5.69 Å². The van der Waals surface area contributed by atoms with E-state index < -0.39 is 0 Å². The molecule has 0 spiro atoms. The lowest BCUT2D eigenvalue weighted by atomic mass is 10.1. The van der Waals surface area contributed by atoms with Gasteiger partial charge >= 0.3 is 0 Å². The average Bonchev–Trinajstić information content (AvgIpc) is 2.68. The molecule has 2 aromatic rings. The van der Waals surface area contributed by atoms with Crippen LogP contribution in [0.25, 0.3) is 0 Å². The number of hydrogen-bond donors (Lipinski definition) is 1. The summed E-state index contributed by atoms with van der Waals surface area (Å²) in [4.78, 5) is 32.0. The Morgan fingerprint density at radius 2 is 1.93 bits per heavy atom. The highest BCUT2D eigenvalue weighted by atomic mass is 35.5. The first kappa shape index (κ1) is 19.2. The molecule has 0 unspecified atom stereocenters. The van der Waals surface area contributed by atoms with Gasteiger partial charge < -0.3 is 15.1 Å². The molecule has 27 heavy (non-hydrogen) atoms. The van der Waals surface area contributed by atoms with Gasteiger partial charge in [-0.1, -0.05) is 23.7 Å². The van der Waals surface area contributed by atoms with Crippen molar-refractivity contribution >= 4 is 29.1 Å². The molecule has 0 atom stereocenters. The summed E-state index contributed by atoms with van der Waals surface area (Å²) in [5.74, 6) is -0.0810. The van der Waals surface area contributed by atoms with Gasteiger partial charge in [-0.15, -0.1) is 0 Å². The third-order valence-corrected chi connectivity index (χ3v) is 4.89. The van der Waals surface area contributed by atoms with Crippen molar-refractivity contribution in [3.05, 3.63) is 58.9 Å². The van der Waals surface area contributed by atoms with Gasteiger partial charge in [0.2, 0.25) is 5.91 Å². The van der Waals surface area contributed by atoms with E-state index in [0.29, 0.717) is 36.8 Å². The number of pyridine rings is 1. The van der Waals surface area contributed by atoms with Crippen LogP contribution in [0.5, 0.6) is 0 Å². The number of carbonyl (C=O) groups is 2. The SMILES string of the molecule is CC(=O)N1CCN(c2ccc(C(=O)NCCc3cccc(Cl)c3)nc2)CC1. The monoisotopic (exact) mass is 386 g/mol. The summed E-state index contributed by atoms with van der Waals surface area (Å²) in [7, 11) is 0. The number of nitrogens with one attached hydrogen (secondary N) is 1. The first-order valence-electron chi connectivity index (χ1n) is 9.02. The summed E-state index contributed by atoms with van der Waals surface area (Å²) >= 11 is 5.96. The predicted octanol–water partition coefficient (Wildman–Crippen LogP) is 2.38. The van der Waals surface area contributed by atoms with Crippen molar-refractivity contribution in [3.8, 4) is 0 Å². The van der Waals surface area contributed by atoms with Gasteiger partial charge in [0.1, 0.15) is 5.69 Å². The predicted molar refractivity (Wildman–Crippen MR) is 106 cm³/mol. The molecule has 0 bridgehead atoms. The van der Waals surface area contributed by atoms with Crippen LogP contribution in [-0.2, 0) is 11.2 Å². The molecule has 0 aliphatic carbocycles. The topological polar surface area (TPSA) is 65.5 Å². The normalized spacial score (nSPS) is 14.1. The Balaban J connectivity index is 1.49. The fraction of sp³-hybridized carbons (Fsp3) is 0.350. The van der Waals surface area contributed by atoms with Crippen LogP contribution in [0.2, 0.25) is 5.02 Å². The molecule has 0 radical (unpaired) electrons. The van der Waals surface area contributed by atoms with Crippen LogP contribution in [0.15, 0.2) is 42.6 Å². The van der Waals surface area contributed by atoms with Gasteiger partial charge in [-0.05, 0) is 36.2 Å². The Labute approximate surface area is 164 Å². The smallest absolute Gasteiger partial charge is 0.269 e. The largest absolute Gasteiger partial charge is 0.367 e. The van der Waals surface area contributed by atoms with Crippen molar-refractivity contribution in [1.82, 2.24) is 15.2 Å². The molecular weight excluding hydrogens is 364 g/mol. The number of piperazine rings is 1. The summed E-state index contributed by atoms with van der Waals surface area (Å²) in [6, 6.07) is 11.2. The van der Waals surface area contributed by atoms with Crippen LogP contribution in [0, 0.1) is 0 Å². The van der Waals surface area contributed by atoms with Crippen molar-refractivity contribution in [1.29, 1.82) is 0 Å². The van der Waals surface area contributed by atoms with E-state index >= 15 is 0 Å². The number of halogens is 1. The van der Waals surface area contributed by atoms with Crippen molar-refractivity contribution in [2.45, 2.75) is 13.3 Å². The standard InChI is InChI=1S/C20H23ClN4O2/c1-15(26)24-9-11-25(12-10-24)18-5-6-19(23-14-18)20(27)22-8-7-16-3-2-4-17(21)13-16/h2-6,13-14H,7-12H2,1H3,(H,22,27). The van der Waals surface area contributed by atoms with Crippen molar-refractivity contribution in [2.24, 2.45) is 0 Å². The number of aromatic nitrogens is 1. The first-order chi connectivity index (χ1) is 13.0. The zero-order chi connectivity index (χ0) is 19.2. The second-order valence-corrected chi connectivity index (χ2v) is 6.97. The number of hydrogen-bond acceptors (Lipinski definition) is 4. The maximum absolute atomic E-state index is 12.2. The molecule has 1 aliphatic rings. The van der Waals surface area contributed by atoms with Gasteiger partial charge in [-0.3, -0.25) is 9.59 Å². The molecule has 7 heteroatoms. The zero-order valence-corrected chi connectivity index (χ0v) is 16.1. The quantitative estimate of drug-likeness (QED) is 0.856. The lowest BCUT2D eigenvalue weighted by Gasteiger charge is -2.35. The zero-order valence-electron chi connectivity index (χ0n) is 15.3. The third kappa shape index (κ3) is 5.20. The summed E-state index contributed by atoms with van der Waals surface area (Å²) in [6.45, 7) is 5.08. The van der Waals surface area contributed by atoms with E-state index in [1.54, 1.807) is 19.2 Å². The molecule has 1 aliphatic heterocycles. The minimum Gasteiger partial charge on any atom is -0.367 e. The molecule has 1 fully saturated rings. The van der Waals surface area contributed by atoms with E-state index in [2.05, 4.69) is 15.2 Å². The molecular formula is C20H23ClN4O2. The van der Waals surface area contributed by atoms with Crippen LogP contribution >= 0.6 is 11.6 Å². The minimum absolute atomic E-state index is 0.109. The number of anilines is 1. The molecule has 2 heterocycles. The van der Waals surface area contributed by atoms with E-state index in [-0.39, 0.29) is 11.8 Å². The van der Waals surface area contributed by atoms with Crippen LogP contribution in [-0.4, -0.2) is 54.4 Å². The number of nitrogens with zero attached hydrogens (tertiary/aromatic N) is 3. The third-order valence-electron chi connectivity index (χ3n) is 4.66. The molecule has 1 N–H and O–H groups in total. The molecule has 6 nitrogen and oxygen atoms in total. The summed E-state index contributed by atoms with van der Waals surface area (Å²) in [6.07, 6.45) is 2.43. The molecule has 3 rings (SSSR count). The summed E-state index contributed by atoms with van der Waals surface area (Å²) in [5, 5.41) is 3.58. The van der Waals surface area contributed by atoms with E-state index in [4.69, 9.17) is 11.6 Å². The van der Waals surface area contributed by atoms with Gasteiger partial charge in [-0.2, -0.15) is 0 Å². The summed E-state index contributed by atoms with van der Waals surface area (Å²) in [5.41, 5.74) is 2.44. The van der Waals surface area contributed by atoms with Crippen molar-refractivity contribution < 1.29 is 9.59 Å². The highest BCUT2D eigenvalue weighted by molar-refractivity contribution is 6.30. The highest BCUT2D eigenvalue weighted by Crippen LogP contribution is 2.16. The van der Waals surface area contributed by atoms with Crippen molar-refractivity contribution in [3.63, 3.8) is 0 Å². The summed E-state index contributed by atoms with van der Waals surface area (Å²) < 4.78 is 0. The van der Waals surface area contributed by atoms with E-state index in [0.717, 1.165) is 24.3 Å². The van der Waals surface area contributed by atoms with Gasteiger partial charge in [0.05, 0.1) is 11.9 Å². The molecule has 1 aromatic heterocycles. The Morgan fingerprint density at radius 1 is 1.15 bits per heavy atom. The van der Waals surface area contributed by atoms with E-state index in [1.165, 1.54) is 0 Å². The average molecular weight is 387 g/mol. The van der Waals surface area contributed by atoms with E-state index in [1.807, 2.05) is 35.2 Å². The molecule has 2 amide bonds. The van der Waals surface area contributed by atoms with Gasteiger partial charge in [0.25, 0.3) is 5.91 Å². The maximum Gasteiger partial charge on any atom is 0.269 e. The second kappa shape index (κ2) is 8.86. The Bertz CT molecular complexity index is 802. The molecule has 142 valence electrons. The number of carbonyl (C=O) groups excluding carboxylic acids is 2. The maximum atomic E-state index is 12.2. The molecule has 1 saturated heterocycles. The lowest BCUT2D eigenvalue weighted by Crippen LogP contribution is -2.48. The fourth-order valence-electron chi connectivity index (χ4n) is 3.09. The van der Waals surface area contributed by atoms with Gasteiger partial charge in [0, 0.05) is 44.7 Å². The van der Waals surface area contributed by atoms with Crippen LogP contribution in [0.3, 0.4) is 0 Å². The fourth-order valence-corrected chi connectivity index (χ4v) is 3.30. The molecule has 0 saturated carbocycles. The first-order valence-corrected chi connectivity index (χ1v) is 9.40. The van der Waals surface area contributed by atoms with E-state index in [9.17, 15) is 9.59 Å². The lowest BCUT2D eigenvalue weighted by molar-refractivity contribution is -0.129.